The second kappa shape index (κ2) is 9.02. The van der Waals surface area contributed by atoms with Crippen molar-refractivity contribution < 1.29 is 22.8 Å². The second-order valence-electron chi connectivity index (χ2n) is 7.84. The summed E-state index contributed by atoms with van der Waals surface area (Å²) >= 11 is 0. The normalized spacial score (nSPS) is 21.1. The average molecular weight is 410 g/mol. The van der Waals surface area contributed by atoms with Gasteiger partial charge in [-0.05, 0) is 50.5 Å². The molecule has 0 aromatic carbocycles. The van der Waals surface area contributed by atoms with Gasteiger partial charge in [0.25, 0.3) is 0 Å². The summed E-state index contributed by atoms with van der Waals surface area (Å²) in [5.41, 5.74) is 6.78. The molecule has 1 atom stereocenters. The van der Waals surface area contributed by atoms with Gasteiger partial charge < -0.3 is 19.9 Å². The van der Waals surface area contributed by atoms with Gasteiger partial charge in [0.05, 0.1) is 6.10 Å². The minimum absolute atomic E-state index is 0.0108. The molecule has 1 aliphatic carbocycles. The fourth-order valence-electron chi connectivity index (χ4n) is 3.78. The predicted octanol–water partition coefficient (Wildman–Crippen LogP) is 3.32. The third-order valence-corrected chi connectivity index (χ3v) is 5.46. The van der Waals surface area contributed by atoms with Crippen molar-refractivity contribution in [3.05, 3.63) is 29.1 Å². The molecule has 160 valence electrons. The summed E-state index contributed by atoms with van der Waals surface area (Å²) in [6, 6.07) is 0.172. The highest BCUT2D eigenvalue weighted by molar-refractivity contribution is 5.96. The fourth-order valence-corrected chi connectivity index (χ4v) is 3.78. The number of ether oxygens (including phenoxy) is 1. The number of carbonyl (C=O) groups excluding carboxylic acids is 1. The summed E-state index contributed by atoms with van der Waals surface area (Å²) in [5, 5.41) is 3.38. The first kappa shape index (κ1) is 21.4. The Balaban J connectivity index is 1.35. The third-order valence-electron chi connectivity index (χ3n) is 5.46. The van der Waals surface area contributed by atoms with Crippen LogP contribution >= 0.6 is 0 Å². The second-order valence-corrected chi connectivity index (χ2v) is 7.84. The molecule has 1 aliphatic heterocycles. The summed E-state index contributed by atoms with van der Waals surface area (Å²) in [5.74, 6) is -3.50. The van der Waals surface area contributed by atoms with Crippen LogP contribution < -0.4 is 10.6 Å². The molecule has 0 radical (unpaired) electrons. The highest BCUT2D eigenvalue weighted by Crippen LogP contribution is 2.29. The average Bonchev–Trinajstić information content (AvgIpc) is 3.16. The Morgan fingerprint density at radius 2 is 2.14 bits per heavy atom. The number of hydrogen-bond acceptors (Lipinski definition) is 6. The van der Waals surface area contributed by atoms with Gasteiger partial charge in [0, 0.05) is 32.2 Å². The van der Waals surface area contributed by atoms with Gasteiger partial charge in [-0.25, -0.2) is 0 Å². The SMILES string of the molecule is CC1=CC(OCCCC2CCN(c3nc(C(C)(F)F)no3)CC2)CC=C1C(N)=O. The Morgan fingerprint density at radius 3 is 2.72 bits per heavy atom. The Bertz CT molecular complexity index is 777. The van der Waals surface area contributed by atoms with E-state index >= 15 is 0 Å². The zero-order valence-corrected chi connectivity index (χ0v) is 16.9. The van der Waals surface area contributed by atoms with Gasteiger partial charge in [-0.1, -0.05) is 17.3 Å². The fraction of sp³-hybridized carbons (Fsp3) is 0.650. The molecule has 2 aliphatic rings. The lowest BCUT2D eigenvalue weighted by Gasteiger charge is -2.30. The van der Waals surface area contributed by atoms with Crippen molar-refractivity contribution in [1.29, 1.82) is 0 Å². The first-order chi connectivity index (χ1) is 13.7. The lowest BCUT2D eigenvalue weighted by atomic mass is 9.92. The van der Waals surface area contributed by atoms with E-state index in [1.54, 1.807) is 0 Å². The van der Waals surface area contributed by atoms with E-state index in [1.807, 2.05) is 24.0 Å². The molecule has 0 saturated carbocycles. The van der Waals surface area contributed by atoms with Crippen LogP contribution in [0.3, 0.4) is 0 Å². The number of primary amides is 1. The van der Waals surface area contributed by atoms with Crippen LogP contribution in [-0.2, 0) is 15.5 Å². The first-order valence-corrected chi connectivity index (χ1v) is 10.0. The number of amides is 1. The topological polar surface area (TPSA) is 94.5 Å². The Hall–Kier alpha value is -2.29. The monoisotopic (exact) mass is 410 g/mol. The van der Waals surface area contributed by atoms with Crippen LogP contribution in [0.25, 0.3) is 0 Å². The number of nitrogens with zero attached hydrogens (tertiary/aromatic N) is 3. The van der Waals surface area contributed by atoms with Gasteiger partial charge in [-0.2, -0.15) is 13.8 Å². The van der Waals surface area contributed by atoms with Crippen molar-refractivity contribution in [3.8, 4) is 0 Å². The van der Waals surface area contributed by atoms with Gasteiger partial charge in [-0.3, -0.25) is 4.79 Å². The molecule has 29 heavy (non-hydrogen) atoms. The summed E-state index contributed by atoms with van der Waals surface area (Å²) < 4.78 is 37.4. The van der Waals surface area contributed by atoms with Crippen LogP contribution in [0.5, 0.6) is 0 Å². The van der Waals surface area contributed by atoms with Crippen molar-refractivity contribution >= 4 is 11.9 Å². The van der Waals surface area contributed by atoms with Crippen molar-refractivity contribution in [2.24, 2.45) is 11.7 Å². The number of nitrogens with two attached hydrogens (primary N) is 1. The van der Waals surface area contributed by atoms with Crippen LogP contribution in [0, 0.1) is 5.92 Å². The van der Waals surface area contributed by atoms with E-state index in [1.165, 1.54) is 0 Å². The van der Waals surface area contributed by atoms with Gasteiger partial charge in [-0.15, -0.1) is 0 Å². The van der Waals surface area contributed by atoms with E-state index in [2.05, 4.69) is 10.1 Å². The molecular weight excluding hydrogens is 382 g/mol. The number of rotatable bonds is 8. The molecule has 0 spiro atoms. The van der Waals surface area contributed by atoms with E-state index in [0.29, 0.717) is 37.6 Å². The van der Waals surface area contributed by atoms with Gasteiger partial charge in [0.15, 0.2) is 0 Å². The van der Waals surface area contributed by atoms with Gasteiger partial charge in [0.2, 0.25) is 11.7 Å². The molecule has 3 rings (SSSR count). The van der Waals surface area contributed by atoms with Crippen LogP contribution in [0.15, 0.2) is 27.8 Å². The highest BCUT2D eigenvalue weighted by atomic mass is 19.3. The van der Waals surface area contributed by atoms with Crippen molar-refractivity contribution in [3.63, 3.8) is 0 Å². The maximum absolute atomic E-state index is 13.2. The largest absolute Gasteiger partial charge is 0.374 e. The summed E-state index contributed by atoms with van der Waals surface area (Å²) in [7, 11) is 0. The van der Waals surface area contributed by atoms with Gasteiger partial charge in [0.1, 0.15) is 0 Å². The lowest BCUT2D eigenvalue weighted by Crippen LogP contribution is -2.34. The van der Waals surface area contributed by atoms with E-state index in [4.69, 9.17) is 15.0 Å². The third kappa shape index (κ3) is 5.62. The number of aromatic nitrogens is 2. The van der Waals surface area contributed by atoms with Crippen molar-refractivity contribution in [1.82, 2.24) is 10.1 Å². The Morgan fingerprint density at radius 1 is 1.41 bits per heavy atom. The number of alkyl halides is 2. The summed E-state index contributed by atoms with van der Waals surface area (Å²) in [6.45, 7) is 4.72. The molecule has 1 aromatic rings. The van der Waals surface area contributed by atoms with Crippen LogP contribution in [0.2, 0.25) is 0 Å². The van der Waals surface area contributed by atoms with E-state index in [9.17, 15) is 13.6 Å². The molecule has 0 bridgehead atoms. The number of hydrogen-bond donors (Lipinski definition) is 1. The quantitative estimate of drug-likeness (QED) is 0.661. The van der Waals surface area contributed by atoms with Crippen molar-refractivity contribution in [2.75, 3.05) is 24.6 Å². The number of anilines is 1. The molecular formula is C20H28F2N4O3. The van der Waals surface area contributed by atoms with Crippen LogP contribution in [0.1, 0.15) is 51.8 Å². The zero-order chi connectivity index (χ0) is 21.0. The molecule has 9 heteroatoms. The summed E-state index contributed by atoms with van der Waals surface area (Å²) in [4.78, 5) is 17.0. The van der Waals surface area contributed by atoms with Crippen molar-refractivity contribution in [2.45, 2.75) is 58.0 Å². The zero-order valence-electron chi connectivity index (χ0n) is 16.9. The molecule has 1 amide bonds. The van der Waals surface area contributed by atoms with E-state index in [-0.39, 0.29) is 12.1 Å². The molecule has 2 heterocycles. The highest BCUT2D eigenvalue weighted by Gasteiger charge is 2.32. The minimum atomic E-state index is -3.09. The first-order valence-electron chi connectivity index (χ1n) is 10.0. The van der Waals surface area contributed by atoms with E-state index < -0.39 is 17.7 Å². The minimum Gasteiger partial charge on any atom is -0.374 e. The maximum Gasteiger partial charge on any atom is 0.324 e. The number of halogens is 2. The summed E-state index contributed by atoms with van der Waals surface area (Å²) in [6.07, 6.45) is 8.36. The lowest BCUT2D eigenvalue weighted by molar-refractivity contribution is -0.114. The maximum atomic E-state index is 13.2. The number of carbonyl (C=O) groups is 1. The molecule has 1 fully saturated rings. The predicted molar refractivity (Wildman–Crippen MR) is 103 cm³/mol. The molecule has 2 N–H and O–H groups in total. The standard InChI is InChI=1S/C20H28F2N4O3/c1-13-12-15(5-6-16(13)17(23)27)28-11-3-4-14-7-9-26(10-8-14)19-24-18(25-29-19)20(2,21)22/h6,12,14-15H,3-5,7-11H2,1-2H3,(H2,23,27). The molecule has 1 saturated heterocycles. The molecule has 7 nitrogen and oxygen atoms in total. The molecule has 1 unspecified atom stereocenters. The van der Waals surface area contributed by atoms with Crippen LogP contribution in [0.4, 0.5) is 14.8 Å². The van der Waals surface area contributed by atoms with E-state index in [0.717, 1.165) is 38.2 Å². The smallest absolute Gasteiger partial charge is 0.324 e. The molecule has 1 aromatic heterocycles. The Labute approximate surface area is 169 Å². The van der Waals surface area contributed by atoms with Gasteiger partial charge >= 0.3 is 11.9 Å². The van der Waals surface area contributed by atoms with Crippen LogP contribution in [-0.4, -0.2) is 41.8 Å². The number of piperidine rings is 1. The Kier molecular flexibility index (Phi) is 6.66.